The second-order valence-electron chi connectivity index (χ2n) is 11.9. The first-order valence-corrected chi connectivity index (χ1v) is 13.1. The lowest BCUT2D eigenvalue weighted by Crippen LogP contribution is -2.54. The van der Waals surface area contributed by atoms with Gasteiger partial charge in [0, 0.05) is 50.9 Å². The predicted octanol–water partition coefficient (Wildman–Crippen LogP) is 2.13. The van der Waals surface area contributed by atoms with E-state index in [9.17, 15) is 19.2 Å². The molecule has 0 aromatic heterocycles. The number of hydrogen-bond acceptors (Lipinski definition) is 4. The van der Waals surface area contributed by atoms with E-state index in [1.54, 1.807) is 0 Å². The molecule has 0 atom stereocenters. The van der Waals surface area contributed by atoms with Crippen LogP contribution in [0.15, 0.2) is 0 Å². The highest BCUT2D eigenvalue weighted by Gasteiger charge is 2.58. The molecule has 4 rings (SSSR count). The SMILES string of the molecule is CC(C)C(=O)NCCNC(=O)CC12CC3CC(C1)CC(CC(=O)NCCNC(=O)C(C)C)(C3)C2. The van der Waals surface area contributed by atoms with Crippen LogP contribution in [0.2, 0.25) is 0 Å². The monoisotopic (exact) mass is 476 g/mol. The number of amides is 4. The van der Waals surface area contributed by atoms with Gasteiger partial charge in [0.05, 0.1) is 0 Å². The van der Waals surface area contributed by atoms with Crippen molar-refractivity contribution in [3.05, 3.63) is 0 Å². The van der Waals surface area contributed by atoms with Crippen LogP contribution in [0.3, 0.4) is 0 Å². The van der Waals surface area contributed by atoms with E-state index in [1.165, 1.54) is 6.42 Å². The van der Waals surface area contributed by atoms with Crippen molar-refractivity contribution in [3.63, 3.8) is 0 Å². The number of carbonyl (C=O) groups is 4. The molecule has 0 aromatic rings. The Morgan fingerprint density at radius 1 is 0.647 bits per heavy atom. The molecule has 0 radical (unpaired) electrons. The molecule has 192 valence electrons. The maximum atomic E-state index is 12.8. The minimum absolute atomic E-state index is 0.000859. The largest absolute Gasteiger partial charge is 0.354 e. The van der Waals surface area contributed by atoms with Gasteiger partial charge in [-0.1, -0.05) is 27.7 Å². The van der Waals surface area contributed by atoms with Gasteiger partial charge in [0.15, 0.2) is 0 Å². The molecule has 4 aliphatic carbocycles. The summed E-state index contributed by atoms with van der Waals surface area (Å²) in [7, 11) is 0. The lowest BCUT2D eigenvalue weighted by atomic mass is 9.43. The van der Waals surface area contributed by atoms with Gasteiger partial charge in [-0.15, -0.1) is 0 Å². The van der Waals surface area contributed by atoms with Crippen LogP contribution in [0.25, 0.3) is 0 Å². The first kappa shape index (κ1) is 26.5. The van der Waals surface area contributed by atoms with E-state index < -0.39 is 0 Å². The first-order chi connectivity index (χ1) is 16.0. The molecule has 4 fully saturated rings. The summed E-state index contributed by atoms with van der Waals surface area (Å²) in [6.45, 7) is 9.18. The van der Waals surface area contributed by atoms with E-state index in [1.807, 2.05) is 27.7 Å². The van der Waals surface area contributed by atoms with Gasteiger partial charge in [0.25, 0.3) is 0 Å². The van der Waals surface area contributed by atoms with E-state index in [0.29, 0.717) is 50.9 Å². The summed E-state index contributed by atoms with van der Waals surface area (Å²) in [6.07, 6.45) is 7.57. The van der Waals surface area contributed by atoms with Crippen molar-refractivity contribution in [3.8, 4) is 0 Å². The van der Waals surface area contributed by atoms with Crippen LogP contribution in [0.1, 0.15) is 79.1 Å². The Morgan fingerprint density at radius 3 is 1.35 bits per heavy atom. The number of rotatable bonds is 12. The highest BCUT2D eigenvalue weighted by Crippen LogP contribution is 2.67. The van der Waals surface area contributed by atoms with Crippen molar-refractivity contribution >= 4 is 23.6 Å². The highest BCUT2D eigenvalue weighted by molar-refractivity contribution is 5.79. The Kier molecular flexibility index (Phi) is 8.63. The Labute approximate surface area is 204 Å². The maximum Gasteiger partial charge on any atom is 0.222 e. The zero-order valence-electron chi connectivity index (χ0n) is 21.4. The first-order valence-electron chi connectivity index (χ1n) is 13.1. The normalized spacial score (nSPS) is 29.2. The van der Waals surface area contributed by atoms with Crippen molar-refractivity contribution in [2.75, 3.05) is 26.2 Å². The minimum atomic E-state index is -0.0603. The molecule has 8 heteroatoms. The minimum Gasteiger partial charge on any atom is -0.354 e. The van der Waals surface area contributed by atoms with E-state index >= 15 is 0 Å². The molecule has 8 nitrogen and oxygen atoms in total. The molecule has 4 N–H and O–H groups in total. The van der Waals surface area contributed by atoms with Gasteiger partial charge < -0.3 is 21.3 Å². The second-order valence-corrected chi connectivity index (χ2v) is 11.9. The molecule has 0 spiro atoms. The van der Waals surface area contributed by atoms with E-state index in [-0.39, 0.29) is 46.3 Å². The Morgan fingerprint density at radius 2 is 1.00 bits per heavy atom. The molecule has 0 saturated heterocycles. The Balaban J connectivity index is 1.47. The van der Waals surface area contributed by atoms with Crippen LogP contribution in [0.4, 0.5) is 0 Å². The molecular formula is C26H44N4O4. The standard InChI is InChI=1S/C26H44N4O4/c1-17(2)23(33)29-7-5-27-21(31)14-25-10-19-9-20(11-25)13-26(12-19,16-25)15-22(32)28-6-8-30-24(34)18(3)4/h17-20H,5-16H2,1-4H3,(H,27,31)(H,28,32)(H,29,33)(H,30,34). The van der Waals surface area contributed by atoms with Crippen molar-refractivity contribution in [2.45, 2.75) is 79.1 Å². The average Bonchev–Trinajstić information content (AvgIpc) is 2.72. The summed E-state index contributed by atoms with van der Waals surface area (Å²) in [6, 6.07) is 0. The van der Waals surface area contributed by atoms with Gasteiger partial charge in [-0.25, -0.2) is 0 Å². The van der Waals surface area contributed by atoms with Crippen LogP contribution >= 0.6 is 0 Å². The van der Waals surface area contributed by atoms with Gasteiger partial charge in [-0.3, -0.25) is 19.2 Å². The number of hydrogen-bond donors (Lipinski definition) is 4. The number of carbonyl (C=O) groups excluding carboxylic acids is 4. The van der Waals surface area contributed by atoms with Gasteiger partial charge in [0.1, 0.15) is 0 Å². The van der Waals surface area contributed by atoms with Crippen molar-refractivity contribution in [1.82, 2.24) is 21.3 Å². The smallest absolute Gasteiger partial charge is 0.222 e. The van der Waals surface area contributed by atoms with Crippen LogP contribution in [0, 0.1) is 34.5 Å². The van der Waals surface area contributed by atoms with Gasteiger partial charge >= 0.3 is 0 Å². The molecule has 0 aliphatic heterocycles. The molecule has 0 aromatic carbocycles. The fourth-order valence-electron chi connectivity index (χ4n) is 7.05. The molecular weight excluding hydrogens is 432 g/mol. The van der Waals surface area contributed by atoms with E-state index in [4.69, 9.17) is 0 Å². The second kappa shape index (κ2) is 11.1. The van der Waals surface area contributed by atoms with Crippen molar-refractivity contribution < 1.29 is 19.2 Å². The van der Waals surface area contributed by atoms with E-state index in [2.05, 4.69) is 21.3 Å². The molecule has 4 amide bonds. The topological polar surface area (TPSA) is 116 Å². The van der Waals surface area contributed by atoms with Crippen LogP contribution < -0.4 is 21.3 Å². The highest BCUT2D eigenvalue weighted by atomic mass is 16.2. The van der Waals surface area contributed by atoms with Crippen molar-refractivity contribution in [2.24, 2.45) is 34.5 Å². The maximum absolute atomic E-state index is 12.8. The lowest BCUT2D eigenvalue weighted by molar-refractivity contribution is -0.146. The van der Waals surface area contributed by atoms with Gasteiger partial charge in [0.2, 0.25) is 23.6 Å². The van der Waals surface area contributed by atoms with Gasteiger partial charge in [-0.2, -0.15) is 0 Å². The fourth-order valence-corrected chi connectivity index (χ4v) is 7.05. The molecule has 4 bridgehead atoms. The van der Waals surface area contributed by atoms with Crippen LogP contribution in [-0.4, -0.2) is 49.8 Å². The quantitative estimate of drug-likeness (QED) is 0.323. The number of nitrogens with one attached hydrogen (secondary N) is 4. The predicted molar refractivity (Wildman–Crippen MR) is 130 cm³/mol. The average molecular weight is 477 g/mol. The molecule has 4 saturated carbocycles. The Hall–Kier alpha value is -2.12. The zero-order chi connectivity index (χ0) is 24.9. The summed E-state index contributed by atoms with van der Waals surface area (Å²) >= 11 is 0. The molecule has 0 unspecified atom stereocenters. The van der Waals surface area contributed by atoms with Gasteiger partial charge in [-0.05, 0) is 61.2 Å². The lowest BCUT2D eigenvalue weighted by Gasteiger charge is -2.62. The third kappa shape index (κ3) is 6.95. The summed E-state index contributed by atoms with van der Waals surface area (Å²) < 4.78 is 0. The fraction of sp³-hybridized carbons (Fsp3) is 0.846. The Bertz CT molecular complexity index is 705. The van der Waals surface area contributed by atoms with Crippen LogP contribution in [-0.2, 0) is 19.2 Å². The summed E-state index contributed by atoms with van der Waals surface area (Å²) in [5.74, 6) is 1.21. The summed E-state index contributed by atoms with van der Waals surface area (Å²) in [4.78, 5) is 48.9. The zero-order valence-corrected chi connectivity index (χ0v) is 21.4. The van der Waals surface area contributed by atoms with E-state index in [0.717, 1.165) is 32.1 Å². The summed E-state index contributed by atoms with van der Waals surface area (Å²) in [5, 5.41) is 11.6. The van der Waals surface area contributed by atoms with Crippen LogP contribution in [0.5, 0.6) is 0 Å². The van der Waals surface area contributed by atoms with Crippen molar-refractivity contribution in [1.29, 1.82) is 0 Å². The molecule has 34 heavy (non-hydrogen) atoms. The third-order valence-electron chi connectivity index (χ3n) is 7.92. The molecule has 4 aliphatic rings. The third-order valence-corrected chi connectivity index (χ3v) is 7.92. The molecule has 0 heterocycles. The summed E-state index contributed by atoms with van der Waals surface area (Å²) in [5.41, 5.74) is 0.00172.